The summed E-state index contributed by atoms with van der Waals surface area (Å²) < 4.78 is 13.0. The first-order valence-electron chi connectivity index (χ1n) is 15.0. The third-order valence-corrected chi connectivity index (χ3v) is 8.58. The molecule has 0 saturated heterocycles. The minimum absolute atomic E-state index is 0.0358. The standard InChI is InChI=1S/C33H58O2/c1-10-11-23-34-31-27(6)28(7)32-30(29(31)8)20-22-33(9,35-32)21-14-19-26(5)18-13-17-25(4)16-12-15-24(2)3/h24-26H,10-23H2,1-9H3/t25-,26-,33-/m1/s1. The van der Waals surface area contributed by atoms with Gasteiger partial charge >= 0.3 is 0 Å². The first-order valence-corrected chi connectivity index (χ1v) is 15.0. The summed E-state index contributed by atoms with van der Waals surface area (Å²) in [5, 5.41) is 0. The number of benzene rings is 1. The van der Waals surface area contributed by atoms with E-state index < -0.39 is 0 Å². The lowest BCUT2D eigenvalue weighted by molar-refractivity contribution is 0.0511. The van der Waals surface area contributed by atoms with Crippen LogP contribution in [0.5, 0.6) is 11.5 Å². The van der Waals surface area contributed by atoms with Gasteiger partial charge in [-0.25, -0.2) is 0 Å². The Kier molecular flexibility index (Phi) is 12.5. The van der Waals surface area contributed by atoms with Gasteiger partial charge in [-0.2, -0.15) is 0 Å². The van der Waals surface area contributed by atoms with Crippen molar-refractivity contribution in [1.29, 1.82) is 0 Å². The van der Waals surface area contributed by atoms with E-state index in [9.17, 15) is 0 Å². The Bertz CT molecular complexity index is 765. The van der Waals surface area contributed by atoms with E-state index in [0.29, 0.717) is 0 Å². The van der Waals surface area contributed by atoms with Crippen LogP contribution >= 0.6 is 0 Å². The van der Waals surface area contributed by atoms with Crippen molar-refractivity contribution in [2.75, 3.05) is 6.61 Å². The van der Waals surface area contributed by atoms with Crippen molar-refractivity contribution < 1.29 is 9.47 Å². The van der Waals surface area contributed by atoms with E-state index in [1.54, 1.807) is 0 Å². The number of hydrogen-bond acceptors (Lipinski definition) is 2. The van der Waals surface area contributed by atoms with Gasteiger partial charge in [0.1, 0.15) is 17.1 Å². The van der Waals surface area contributed by atoms with Crippen LogP contribution in [0.3, 0.4) is 0 Å². The minimum atomic E-state index is -0.0358. The molecule has 0 fully saturated rings. The highest BCUT2D eigenvalue weighted by atomic mass is 16.5. The molecule has 1 aromatic rings. The van der Waals surface area contributed by atoms with Crippen LogP contribution in [0.25, 0.3) is 0 Å². The number of ether oxygens (including phenoxy) is 2. The molecular formula is C33H58O2. The molecule has 2 rings (SSSR count). The third kappa shape index (κ3) is 9.32. The molecule has 1 aromatic carbocycles. The maximum atomic E-state index is 6.79. The molecule has 1 heterocycles. The van der Waals surface area contributed by atoms with Crippen molar-refractivity contribution in [3.8, 4) is 11.5 Å². The van der Waals surface area contributed by atoms with Gasteiger partial charge in [0, 0.05) is 5.56 Å². The van der Waals surface area contributed by atoms with E-state index in [0.717, 1.165) is 61.5 Å². The van der Waals surface area contributed by atoms with Crippen LogP contribution in [-0.2, 0) is 6.42 Å². The van der Waals surface area contributed by atoms with Crippen molar-refractivity contribution in [3.63, 3.8) is 0 Å². The van der Waals surface area contributed by atoms with Crippen LogP contribution in [0.15, 0.2) is 0 Å². The SMILES string of the molecule is CCCCOc1c(C)c(C)c2c(c1C)CC[C@@](C)(CCC[C@H](C)CCC[C@H](C)CCCC(C)C)O2. The normalized spacial score (nSPS) is 19.4. The van der Waals surface area contributed by atoms with Gasteiger partial charge in [0.05, 0.1) is 6.61 Å². The van der Waals surface area contributed by atoms with E-state index >= 15 is 0 Å². The van der Waals surface area contributed by atoms with Crippen molar-refractivity contribution in [2.24, 2.45) is 17.8 Å². The summed E-state index contributed by atoms with van der Waals surface area (Å²) in [6.07, 6.45) is 16.6. The van der Waals surface area contributed by atoms with Crippen LogP contribution < -0.4 is 9.47 Å². The van der Waals surface area contributed by atoms with Crippen molar-refractivity contribution in [3.05, 3.63) is 22.3 Å². The molecule has 0 amide bonds. The summed E-state index contributed by atoms with van der Waals surface area (Å²) in [7, 11) is 0. The molecule has 0 radical (unpaired) electrons. The monoisotopic (exact) mass is 486 g/mol. The zero-order valence-electron chi connectivity index (χ0n) is 24.9. The molecule has 35 heavy (non-hydrogen) atoms. The molecule has 3 atom stereocenters. The molecule has 0 aliphatic carbocycles. The summed E-state index contributed by atoms with van der Waals surface area (Å²) in [4.78, 5) is 0. The molecule has 0 bridgehead atoms. The van der Waals surface area contributed by atoms with Crippen LogP contribution in [0, 0.1) is 38.5 Å². The van der Waals surface area contributed by atoms with Gasteiger partial charge in [-0.1, -0.05) is 86.0 Å². The zero-order chi connectivity index (χ0) is 26.0. The fraction of sp³-hybridized carbons (Fsp3) is 0.818. The Morgan fingerprint density at radius 2 is 1.40 bits per heavy atom. The Balaban J connectivity index is 1.81. The van der Waals surface area contributed by atoms with E-state index in [2.05, 4.69) is 62.3 Å². The van der Waals surface area contributed by atoms with Crippen LogP contribution in [-0.4, -0.2) is 12.2 Å². The summed E-state index contributed by atoms with van der Waals surface area (Å²) >= 11 is 0. The Labute approximate surface area is 219 Å². The van der Waals surface area contributed by atoms with E-state index in [1.165, 1.54) is 80.0 Å². The highest BCUT2D eigenvalue weighted by molar-refractivity contribution is 5.59. The molecule has 1 aliphatic heterocycles. The van der Waals surface area contributed by atoms with Gasteiger partial charge in [-0.05, 0) is 94.2 Å². The lowest BCUT2D eigenvalue weighted by atomic mass is 9.83. The number of hydrogen-bond donors (Lipinski definition) is 0. The van der Waals surface area contributed by atoms with Gasteiger partial charge in [0.2, 0.25) is 0 Å². The predicted molar refractivity (Wildman–Crippen MR) is 153 cm³/mol. The summed E-state index contributed by atoms with van der Waals surface area (Å²) in [5.41, 5.74) is 5.18. The number of unbranched alkanes of at least 4 members (excludes halogenated alkanes) is 1. The quantitative estimate of drug-likeness (QED) is 0.216. The molecule has 0 N–H and O–H groups in total. The van der Waals surface area contributed by atoms with Gasteiger partial charge in [0.25, 0.3) is 0 Å². The second kappa shape index (κ2) is 14.5. The smallest absolute Gasteiger partial charge is 0.127 e. The second-order valence-electron chi connectivity index (χ2n) is 12.6. The molecule has 1 aliphatic rings. The molecule has 2 heteroatoms. The lowest BCUT2D eigenvalue weighted by Gasteiger charge is -2.38. The van der Waals surface area contributed by atoms with E-state index in [4.69, 9.17) is 9.47 Å². The van der Waals surface area contributed by atoms with Gasteiger partial charge in [-0.3, -0.25) is 0 Å². The first-order chi connectivity index (χ1) is 16.6. The van der Waals surface area contributed by atoms with Gasteiger partial charge in [0.15, 0.2) is 0 Å². The Morgan fingerprint density at radius 1 is 0.800 bits per heavy atom. The Morgan fingerprint density at radius 3 is 2.00 bits per heavy atom. The largest absolute Gasteiger partial charge is 0.493 e. The second-order valence-corrected chi connectivity index (χ2v) is 12.6. The molecule has 0 saturated carbocycles. The zero-order valence-corrected chi connectivity index (χ0v) is 24.9. The van der Waals surface area contributed by atoms with Crippen LogP contribution in [0.1, 0.15) is 141 Å². The molecule has 0 spiro atoms. The summed E-state index contributed by atoms with van der Waals surface area (Å²) in [6.45, 7) is 21.6. The molecule has 0 unspecified atom stereocenters. The average molecular weight is 487 g/mol. The summed E-state index contributed by atoms with van der Waals surface area (Å²) in [6, 6.07) is 0. The maximum Gasteiger partial charge on any atom is 0.127 e. The third-order valence-electron chi connectivity index (χ3n) is 8.58. The van der Waals surface area contributed by atoms with Crippen LogP contribution in [0.4, 0.5) is 0 Å². The van der Waals surface area contributed by atoms with Crippen molar-refractivity contribution in [2.45, 2.75) is 151 Å². The fourth-order valence-corrected chi connectivity index (χ4v) is 5.80. The number of rotatable bonds is 16. The van der Waals surface area contributed by atoms with Crippen LogP contribution in [0.2, 0.25) is 0 Å². The average Bonchev–Trinajstić information content (AvgIpc) is 2.79. The molecule has 2 nitrogen and oxygen atoms in total. The maximum absolute atomic E-state index is 6.79. The van der Waals surface area contributed by atoms with E-state index in [-0.39, 0.29) is 5.60 Å². The summed E-state index contributed by atoms with van der Waals surface area (Å²) in [5.74, 6) is 4.82. The molecular weight excluding hydrogens is 428 g/mol. The van der Waals surface area contributed by atoms with Crippen molar-refractivity contribution in [1.82, 2.24) is 0 Å². The van der Waals surface area contributed by atoms with Gasteiger partial charge in [-0.15, -0.1) is 0 Å². The fourth-order valence-electron chi connectivity index (χ4n) is 5.80. The van der Waals surface area contributed by atoms with Gasteiger partial charge < -0.3 is 9.47 Å². The minimum Gasteiger partial charge on any atom is -0.493 e. The number of fused-ring (bicyclic) bond motifs is 1. The highest BCUT2D eigenvalue weighted by Crippen LogP contribution is 2.45. The molecule has 0 aromatic heterocycles. The predicted octanol–water partition coefficient (Wildman–Crippen LogP) is 10.3. The lowest BCUT2D eigenvalue weighted by Crippen LogP contribution is -2.37. The first kappa shape index (κ1) is 30.0. The topological polar surface area (TPSA) is 18.5 Å². The van der Waals surface area contributed by atoms with E-state index in [1.807, 2.05) is 0 Å². The highest BCUT2D eigenvalue weighted by Gasteiger charge is 2.34. The van der Waals surface area contributed by atoms with Crippen molar-refractivity contribution >= 4 is 0 Å². The molecule has 202 valence electrons. The Hall–Kier alpha value is -1.18.